The van der Waals surface area contributed by atoms with E-state index in [0.29, 0.717) is 24.4 Å². The number of hydrogen-bond donors (Lipinski definition) is 1. The van der Waals surface area contributed by atoms with Crippen LogP contribution in [-0.4, -0.2) is 22.1 Å². The molecule has 1 aromatic rings. The topological polar surface area (TPSA) is 60.9 Å². The van der Waals surface area contributed by atoms with Gasteiger partial charge in [0.2, 0.25) is 0 Å². The molecule has 4 nitrogen and oxygen atoms in total. The van der Waals surface area contributed by atoms with Gasteiger partial charge in [-0.15, -0.1) is 0 Å². The van der Waals surface area contributed by atoms with E-state index in [4.69, 9.17) is 17.3 Å². The van der Waals surface area contributed by atoms with Crippen LogP contribution in [0.15, 0.2) is 0 Å². The summed E-state index contributed by atoms with van der Waals surface area (Å²) in [6.45, 7) is 2.62. The van der Waals surface area contributed by atoms with Crippen LogP contribution in [0.2, 0.25) is 5.02 Å². The highest BCUT2D eigenvalue weighted by atomic mass is 35.5. The number of halogens is 1. The predicted octanol–water partition coefficient (Wildman–Crippen LogP) is 2.27. The summed E-state index contributed by atoms with van der Waals surface area (Å²) in [4.78, 5) is 12.2. The first kappa shape index (κ1) is 14.5. The van der Waals surface area contributed by atoms with Crippen LogP contribution in [-0.2, 0) is 24.7 Å². The Labute approximate surface area is 119 Å². The van der Waals surface area contributed by atoms with Crippen molar-refractivity contribution in [2.45, 2.75) is 45.4 Å². The molecular formula is C14H22ClN3O. The molecule has 1 aliphatic carbocycles. The summed E-state index contributed by atoms with van der Waals surface area (Å²) in [6.07, 6.45) is 5.07. The van der Waals surface area contributed by atoms with Crippen molar-refractivity contribution in [2.75, 3.05) is 6.54 Å². The molecule has 0 spiro atoms. The molecule has 0 aliphatic heterocycles. The summed E-state index contributed by atoms with van der Waals surface area (Å²) in [5.41, 5.74) is 7.56. The number of aromatic nitrogens is 2. The summed E-state index contributed by atoms with van der Waals surface area (Å²) in [5.74, 6) is 0.220. The number of nitrogens with zero attached hydrogens (tertiary/aromatic N) is 2. The first-order valence-corrected chi connectivity index (χ1v) is 7.31. The smallest absolute Gasteiger partial charge is 0.139 e. The monoisotopic (exact) mass is 283 g/mol. The van der Waals surface area contributed by atoms with Gasteiger partial charge in [0.25, 0.3) is 0 Å². The average Bonchev–Trinajstić information content (AvgIpc) is 2.61. The van der Waals surface area contributed by atoms with Gasteiger partial charge in [0.1, 0.15) is 5.78 Å². The Kier molecular flexibility index (Phi) is 4.31. The standard InChI is InChI=1S/C14H22ClN3O/c1-3-11-13(15)12(18(2)17-11)7-10(19)8-14(9-16)5-4-6-14/h3-9,16H2,1-2H3. The van der Waals surface area contributed by atoms with Crippen LogP contribution in [0, 0.1) is 5.41 Å². The average molecular weight is 284 g/mol. The molecule has 1 fully saturated rings. The van der Waals surface area contributed by atoms with Crippen molar-refractivity contribution >= 4 is 17.4 Å². The Balaban J connectivity index is 2.05. The maximum Gasteiger partial charge on any atom is 0.139 e. The van der Waals surface area contributed by atoms with E-state index in [-0.39, 0.29) is 11.2 Å². The van der Waals surface area contributed by atoms with Crippen LogP contribution >= 0.6 is 11.6 Å². The summed E-state index contributed by atoms with van der Waals surface area (Å²) in [6, 6.07) is 0. The van der Waals surface area contributed by atoms with E-state index in [2.05, 4.69) is 5.10 Å². The van der Waals surface area contributed by atoms with Gasteiger partial charge < -0.3 is 5.73 Å². The Morgan fingerprint density at radius 3 is 2.63 bits per heavy atom. The largest absolute Gasteiger partial charge is 0.330 e. The number of rotatable bonds is 6. The van der Waals surface area contributed by atoms with Crippen molar-refractivity contribution < 1.29 is 4.79 Å². The normalized spacial score (nSPS) is 17.3. The fraction of sp³-hybridized carbons (Fsp3) is 0.714. The van der Waals surface area contributed by atoms with Crippen molar-refractivity contribution in [3.05, 3.63) is 16.4 Å². The Hall–Kier alpha value is -0.870. The molecule has 0 radical (unpaired) electrons. The molecule has 19 heavy (non-hydrogen) atoms. The van der Waals surface area contributed by atoms with Gasteiger partial charge in [0, 0.05) is 19.9 Å². The molecule has 0 aromatic carbocycles. The third-order valence-corrected chi connectivity index (χ3v) is 4.72. The lowest BCUT2D eigenvalue weighted by Gasteiger charge is -2.40. The second-order valence-electron chi connectivity index (χ2n) is 5.63. The SMILES string of the molecule is CCc1nn(C)c(CC(=O)CC2(CN)CCC2)c1Cl. The van der Waals surface area contributed by atoms with Crippen LogP contribution < -0.4 is 5.73 Å². The summed E-state index contributed by atoms with van der Waals surface area (Å²) >= 11 is 6.27. The second-order valence-corrected chi connectivity index (χ2v) is 6.01. The zero-order valence-corrected chi connectivity index (χ0v) is 12.5. The number of ketones is 1. The van der Waals surface area contributed by atoms with Crippen LogP contribution in [0.3, 0.4) is 0 Å². The third-order valence-electron chi connectivity index (χ3n) is 4.29. The highest BCUT2D eigenvalue weighted by Gasteiger charge is 2.37. The molecule has 0 atom stereocenters. The van der Waals surface area contributed by atoms with Crippen molar-refractivity contribution in [1.29, 1.82) is 0 Å². The van der Waals surface area contributed by atoms with Gasteiger partial charge in [-0.05, 0) is 31.2 Å². The Morgan fingerprint density at radius 1 is 1.53 bits per heavy atom. The minimum Gasteiger partial charge on any atom is -0.330 e. The fourth-order valence-corrected chi connectivity index (χ4v) is 3.17. The third kappa shape index (κ3) is 2.84. The number of nitrogens with two attached hydrogens (primary N) is 1. The Bertz CT molecular complexity index is 472. The summed E-state index contributed by atoms with van der Waals surface area (Å²) in [7, 11) is 1.84. The van der Waals surface area contributed by atoms with Crippen LogP contribution in [0.4, 0.5) is 0 Å². The molecule has 1 aliphatic rings. The molecule has 0 bridgehead atoms. The summed E-state index contributed by atoms with van der Waals surface area (Å²) in [5, 5.41) is 4.99. The summed E-state index contributed by atoms with van der Waals surface area (Å²) < 4.78 is 1.73. The molecule has 1 aromatic heterocycles. The molecule has 2 rings (SSSR count). The highest BCUT2D eigenvalue weighted by Crippen LogP contribution is 2.43. The molecule has 5 heteroatoms. The number of carbonyl (C=O) groups is 1. The maximum atomic E-state index is 12.2. The zero-order valence-electron chi connectivity index (χ0n) is 11.7. The molecule has 0 saturated heterocycles. The van der Waals surface area contributed by atoms with Gasteiger partial charge in [-0.25, -0.2) is 0 Å². The molecule has 106 valence electrons. The molecular weight excluding hydrogens is 262 g/mol. The quantitative estimate of drug-likeness (QED) is 0.871. The van der Waals surface area contributed by atoms with Gasteiger partial charge in [0.05, 0.1) is 16.4 Å². The second kappa shape index (κ2) is 5.63. The van der Waals surface area contributed by atoms with Crippen LogP contribution in [0.25, 0.3) is 0 Å². The lowest BCUT2D eigenvalue weighted by Crippen LogP contribution is -2.39. The van der Waals surface area contributed by atoms with Gasteiger partial charge in [-0.3, -0.25) is 9.48 Å². The van der Waals surface area contributed by atoms with E-state index in [9.17, 15) is 4.79 Å². The van der Waals surface area contributed by atoms with Gasteiger partial charge in [0.15, 0.2) is 0 Å². The van der Waals surface area contributed by atoms with Crippen molar-refractivity contribution in [2.24, 2.45) is 18.2 Å². The first-order chi connectivity index (χ1) is 9.01. The zero-order chi connectivity index (χ0) is 14.0. The molecule has 1 saturated carbocycles. The fourth-order valence-electron chi connectivity index (χ4n) is 2.81. The van der Waals surface area contributed by atoms with E-state index in [1.54, 1.807) is 4.68 Å². The lowest BCUT2D eigenvalue weighted by molar-refractivity contribution is -0.122. The van der Waals surface area contributed by atoms with Gasteiger partial charge in [-0.2, -0.15) is 5.10 Å². The Morgan fingerprint density at radius 2 is 2.21 bits per heavy atom. The van der Waals surface area contributed by atoms with E-state index in [1.165, 1.54) is 6.42 Å². The van der Waals surface area contributed by atoms with Gasteiger partial charge in [-0.1, -0.05) is 24.9 Å². The van der Waals surface area contributed by atoms with E-state index < -0.39 is 0 Å². The van der Waals surface area contributed by atoms with Crippen molar-refractivity contribution in [3.63, 3.8) is 0 Å². The molecule has 0 amide bonds. The van der Waals surface area contributed by atoms with E-state index >= 15 is 0 Å². The minimum absolute atomic E-state index is 0.0652. The minimum atomic E-state index is 0.0652. The van der Waals surface area contributed by atoms with E-state index in [0.717, 1.165) is 30.7 Å². The number of carbonyl (C=O) groups excluding carboxylic acids is 1. The van der Waals surface area contributed by atoms with Crippen LogP contribution in [0.1, 0.15) is 44.0 Å². The predicted molar refractivity (Wildman–Crippen MR) is 76.3 cm³/mol. The van der Waals surface area contributed by atoms with Crippen molar-refractivity contribution in [1.82, 2.24) is 9.78 Å². The van der Waals surface area contributed by atoms with Crippen LogP contribution in [0.5, 0.6) is 0 Å². The van der Waals surface area contributed by atoms with Crippen molar-refractivity contribution in [3.8, 4) is 0 Å². The highest BCUT2D eigenvalue weighted by molar-refractivity contribution is 6.32. The number of hydrogen-bond acceptors (Lipinski definition) is 3. The maximum absolute atomic E-state index is 12.2. The van der Waals surface area contributed by atoms with E-state index in [1.807, 2.05) is 14.0 Å². The first-order valence-electron chi connectivity index (χ1n) is 6.93. The molecule has 0 unspecified atom stereocenters. The number of aryl methyl sites for hydroxylation is 2. The van der Waals surface area contributed by atoms with Gasteiger partial charge >= 0.3 is 0 Å². The lowest BCUT2D eigenvalue weighted by atomic mass is 9.65. The molecule has 2 N–H and O–H groups in total. The number of Topliss-reactive ketones (excluding diaryl/α,β-unsaturated/α-hetero) is 1. The molecule has 1 heterocycles.